The van der Waals surface area contributed by atoms with E-state index >= 15 is 0 Å². The zero-order chi connectivity index (χ0) is 44.7. The number of carbonyl (C=O) groups excluding carboxylic acids is 5. The van der Waals surface area contributed by atoms with Crippen molar-refractivity contribution >= 4 is 116 Å². The molecule has 16 heteroatoms. The minimum absolute atomic E-state index is 0.0298. The van der Waals surface area contributed by atoms with E-state index in [1.165, 1.54) is 12.1 Å². The molecule has 1 atom stereocenters. The van der Waals surface area contributed by atoms with E-state index in [0.29, 0.717) is 53.5 Å². The van der Waals surface area contributed by atoms with Crippen molar-refractivity contribution in [2.45, 2.75) is 25.6 Å². The van der Waals surface area contributed by atoms with Gasteiger partial charge in [-0.15, -0.1) is 0 Å². The molecule has 0 bridgehead atoms. The van der Waals surface area contributed by atoms with E-state index in [0.717, 1.165) is 11.1 Å². The quantitative estimate of drug-likeness (QED) is 0.0329. The summed E-state index contributed by atoms with van der Waals surface area (Å²) < 4.78 is 13.6. The SMILES string of the molecule is O=C(CC(O)OCCc1cc(Br)c([NH2+]c2ccc(O)c3c2C(=O)c2ccccc2C3=O)c(Br)c1)OCCc1cc(Br)c([NH2+]c2ccc(O)c3c2C(=O)c2ccccc2C3=O)c(Br)c1. The van der Waals surface area contributed by atoms with Gasteiger partial charge < -0.3 is 24.8 Å². The molecule has 0 saturated carbocycles. The highest BCUT2D eigenvalue weighted by Gasteiger charge is 2.37. The molecule has 63 heavy (non-hydrogen) atoms. The number of carbonyl (C=O) groups is 5. The Morgan fingerprint density at radius 1 is 0.540 bits per heavy atom. The zero-order valence-corrected chi connectivity index (χ0v) is 39.1. The van der Waals surface area contributed by atoms with Crippen molar-refractivity contribution in [2.24, 2.45) is 0 Å². The average molecular weight is 1110 g/mol. The number of ketones is 4. The number of fused-ring (bicyclic) bond motifs is 4. The number of ether oxygens (including phenoxy) is 2. The molecular weight excluding hydrogens is 1070 g/mol. The predicted octanol–water partition coefficient (Wildman–Crippen LogP) is 7.81. The van der Waals surface area contributed by atoms with Crippen LogP contribution in [0.15, 0.2) is 115 Å². The van der Waals surface area contributed by atoms with Crippen LogP contribution < -0.4 is 10.6 Å². The van der Waals surface area contributed by atoms with Crippen molar-refractivity contribution in [3.63, 3.8) is 0 Å². The van der Waals surface area contributed by atoms with Crippen LogP contribution in [0.4, 0.5) is 22.7 Å². The maximum atomic E-state index is 13.6. The number of esters is 1. The van der Waals surface area contributed by atoms with Gasteiger partial charge in [-0.05, 0) is 118 Å². The Hall–Kier alpha value is -5.17. The number of aliphatic hydroxyl groups excluding tert-OH is 1. The number of phenols is 2. The summed E-state index contributed by atoms with van der Waals surface area (Å²) >= 11 is 14.4. The number of aromatic hydroxyl groups is 2. The van der Waals surface area contributed by atoms with E-state index in [-0.39, 0.29) is 87.2 Å². The van der Waals surface area contributed by atoms with E-state index in [2.05, 4.69) is 63.7 Å². The Morgan fingerprint density at radius 2 is 0.905 bits per heavy atom. The summed E-state index contributed by atoms with van der Waals surface area (Å²) in [6.45, 7) is 0.124. The van der Waals surface area contributed by atoms with Gasteiger partial charge in [-0.3, -0.25) is 34.6 Å². The number of phenolic OH excluding ortho intramolecular Hbond substituents is 2. The van der Waals surface area contributed by atoms with Crippen LogP contribution in [0, 0.1) is 0 Å². The second-order valence-electron chi connectivity index (χ2n) is 14.7. The molecule has 318 valence electrons. The van der Waals surface area contributed by atoms with Crippen molar-refractivity contribution in [1.82, 2.24) is 0 Å². The van der Waals surface area contributed by atoms with Gasteiger partial charge in [0.15, 0.2) is 29.2 Å². The number of rotatable bonds is 13. The fourth-order valence-corrected chi connectivity index (χ4v) is 10.7. The number of nitrogens with two attached hydrogens (primary N) is 2. The highest BCUT2D eigenvalue weighted by atomic mass is 79.9. The van der Waals surface area contributed by atoms with Crippen LogP contribution in [0.2, 0.25) is 0 Å². The summed E-state index contributed by atoms with van der Waals surface area (Å²) in [5.74, 6) is -2.73. The van der Waals surface area contributed by atoms with Gasteiger partial charge in [-0.1, -0.05) is 48.5 Å². The normalized spacial score (nSPS) is 13.3. The molecule has 12 nitrogen and oxygen atoms in total. The molecule has 0 fully saturated rings. The summed E-state index contributed by atoms with van der Waals surface area (Å²) in [6.07, 6.45) is -1.04. The first kappa shape index (κ1) is 44.4. The Bertz CT molecular complexity index is 2890. The minimum atomic E-state index is -1.40. The molecule has 6 aromatic carbocycles. The summed E-state index contributed by atoms with van der Waals surface area (Å²) in [4.78, 5) is 66.3. The van der Waals surface area contributed by atoms with Crippen molar-refractivity contribution in [2.75, 3.05) is 13.2 Å². The van der Waals surface area contributed by atoms with Gasteiger partial charge in [0.25, 0.3) is 0 Å². The highest BCUT2D eigenvalue weighted by Crippen LogP contribution is 2.39. The van der Waals surface area contributed by atoms with Crippen LogP contribution in [0.1, 0.15) is 81.2 Å². The molecule has 0 aromatic heterocycles. The van der Waals surface area contributed by atoms with Crippen LogP contribution in [0.3, 0.4) is 0 Å². The maximum absolute atomic E-state index is 13.6. The van der Waals surface area contributed by atoms with E-state index in [4.69, 9.17) is 9.47 Å². The zero-order valence-electron chi connectivity index (χ0n) is 32.7. The van der Waals surface area contributed by atoms with Crippen molar-refractivity contribution in [3.05, 3.63) is 171 Å². The van der Waals surface area contributed by atoms with E-state index in [9.17, 15) is 39.3 Å². The van der Waals surface area contributed by atoms with Crippen LogP contribution in [-0.2, 0) is 27.1 Å². The number of halogens is 4. The van der Waals surface area contributed by atoms with Gasteiger partial charge in [0.1, 0.15) is 22.9 Å². The molecule has 0 spiro atoms. The number of hydrogen-bond acceptors (Lipinski definition) is 10. The minimum Gasteiger partial charge on any atom is -0.507 e. The molecule has 0 aliphatic heterocycles. The standard InChI is InChI=1S/C47H32Br4N2O10/c48-28-17-22(18-29(49)42(28)52-32-9-11-34(54)40-38(32)44(58)24-5-1-3-7-26(24)46(40)60)13-15-62-36(56)21-37(57)63-16-14-23-19-30(50)43(31(51)20-23)53-33-10-12-35(55)41-39(33)45(59)25-6-2-4-8-27(25)47(41)61/h1-12,17-20,36,52-56H,13-16,21H2/p+2. The lowest BCUT2D eigenvalue weighted by Crippen LogP contribution is -2.72. The van der Waals surface area contributed by atoms with Crippen LogP contribution in [0.5, 0.6) is 11.5 Å². The van der Waals surface area contributed by atoms with Gasteiger partial charge in [0.05, 0.1) is 59.8 Å². The molecular formula is C47H34Br4N2O10+2. The largest absolute Gasteiger partial charge is 0.507 e. The fourth-order valence-electron chi connectivity index (χ4n) is 7.71. The highest BCUT2D eigenvalue weighted by molar-refractivity contribution is 9.11. The molecule has 0 amide bonds. The Morgan fingerprint density at radius 3 is 1.30 bits per heavy atom. The van der Waals surface area contributed by atoms with E-state index in [1.807, 2.05) is 24.3 Å². The molecule has 0 heterocycles. The van der Waals surface area contributed by atoms with Gasteiger partial charge in [-0.25, -0.2) is 0 Å². The molecule has 0 radical (unpaired) electrons. The third-order valence-corrected chi connectivity index (χ3v) is 13.4. The summed E-state index contributed by atoms with van der Waals surface area (Å²) in [6, 6.07) is 26.5. The van der Waals surface area contributed by atoms with Crippen molar-refractivity contribution < 1.29 is 59.4 Å². The topological polar surface area (TPSA) is 198 Å². The smallest absolute Gasteiger partial charge is 0.310 e. The van der Waals surface area contributed by atoms with E-state index < -0.39 is 23.8 Å². The third kappa shape index (κ3) is 8.86. The van der Waals surface area contributed by atoms with E-state index in [1.54, 1.807) is 71.3 Å². The Labute approximate surface area is 393 Å². The number of hydrogen-bond donors (Lipinski definition) is 5. The van der Waals surface area contributed by atoms with Crippen LogP contribution >= 0.6 is 63.7 Å². The molecule has 2 aliphatic carbocycles. The summed E-state index contributed by atoms with van der Waals surface area (Å²) in [5.41, 5.74) is 5.21. The lowest BCUT2D eigenvalue weighted by atomic mass is 9.82. The van der Waals surface area contributed by atoms with Gasteiger partial charge in [0.2, 0.25) is 11.6 Å². The monoisotopic (exact) mass is 1100 g/mol. The van der Waals surface area contributed by atoms with Gasteiger partial charge in [0, 0.05) is 40.8 Å². The van der Waals surface area contributed by atoms with Crippen molar-refractivity contribution in [1.29, 1.82) is 0 Å². The van der Waals surface area contributed by atoms with Crippen molar-refractivity contribution in [3.8, 4) is 11.5 Å². The first-order valence-corrected chi connectivity index (χ1v) is 22.6. The Balaban J connectivity index is 0.828. The van der Waals surface area contributed by atoms with Gasteiger partial charge in [-0.2, -0.15) is 0 Å². The lowest BCUT2D eigenvalue weighted by molar-refractivity contribution is -0.480. The number of quaternary nitrogens is 2. The Kier molecular flexibility index (Phi) is 13.1. The first-order chi connectivity index (χ1) is 30.2. The molecule has 6 aromatic rings. The average Bonchev–Trinajstić information content (AvgIpc) is 3.25. The second-order valence-corrected chi connectivity index (χ2v) is 18.2. The van der Waals surface area contributed by atoms with Gasteiger partial charge >= 0.3 is 5.97 Å². The lowest BCUT2D eigenvalue weighted by Gasteiger charge is -2.20. The molecule has 8 rings (SSSR count). The number of benzene rings is 6. The molecule has 0 saturated heterocycles. The maximum Gasteiger partial charge on any atom is 0.310 e. The molecule has 7 N–H and O–H groups in total. The van der Waals surface area contributed by atoms with Crippen LogP contribution in [-0.4, -0.2) is 63.9 Å². The first-order valence-electron chi connectivity index (χ1n) is 19.4. The summed E-state index contributed by atoms with van der Waals surface area (Å²) in [5, 5.41) is 35.1. The third-order valence-electron chi connectivity index (χ3n) is 10.7. The molecule has 1 unspecified atom stereocenters. The summed E-state index contributed by atoms with van der Waals surface area (Å²) in [7, 11) is 0. The molecule has 2 aliphatic rings. The second kappa shape index (κ2) is 18.5. The fraction of sp³-hybridized carbons (Fsp3) is 0.128. The van der Waals surface area contributed by atoms with Crippen LogP contribution in [0.25, 0.3) is 0 Å². The number of aliphatic hydroxyl groups is 1. The predicted molar refractivity (Wildman–Crippen MR) is 244 cm³/mol.